The summed E-state index contributed by atoms with van der Waals surface area (Å²) < 4.78 is 5.12. The van der Waals surface area contributed by atoms with Crippen molar-refractivity contribution in [1.29, 1.82) is 0 Å². The fourth-order valence-electron chi connectivity index (χ4n) is 1.64. The van der Waals surface area contributed by atoms with Gasteiger partial charge in [0.25, 0.3) is 0 Å². The first-order chi connectivity index (χ1) is 6.18. The molecule has 1 amide bonds. The Morgan fingerprint density at radius 1 is 1.50 bits per heavy atom. The van der Waals surface area contributed by atoms with Crippen LogP contribution in [0.2, 0.25) is 0 Å². The van der Waals surface area contributed by atoms with Gasteiger partial charge in [-0.2, -0.15) is 0 Å². The lowest BCUT2D eigenvalue weighted by atomic mass is 9.75. The van der Waals surface area contributed by atoms with E-state index in [1.807, 2.05) is 27.7 Å². The summed E-state index contributed by atoms with van der Waals surface area (Å²) in [5.74, 6) is 0. The molecule has 82 valence electrons. The van der Waals surface area contributed by atoms with E-state index >= 15 is 0 Å². The number of hydrogen-bond donors (Lipinski definition) is 2. The quantitative estimate of drug-likeness (QED) is 0.672. The summed E-state index contributed by atoms with van der Waals surface area (Å²) in [5.41, 5.74) is 5.28. The summed E-state index contributed by atoms with van der Waals surface area (Å²) >= 11 is 0. The maximum atomic E-state index is 11.3. The van der Waals surface area contributed by atoms with E-state index in [2.05, 4.69) is 5.32 Å². The fraction of sp³-hybridized carbons (Fsp3) is 0.900. The molecule has 0 unspecified atom stereocenters. The molecule has 0 bridgehead atoms. The normalized spacial score (nSPS) is 31.9. The number of nitrogens with one attached hydrogen (secondary N) is 1. The van der Waals surface area contributed by atoms with Gasteiger partial charge in [-0.3, -0.25) is 0 Å². The van der Waals surface area contributed by atoms with Gasteiger partial charge in [0.1, 0.15) is 5.60 Å². The first-order valence-electron chi connectivity index (χ1n) is 4.96. The molecular formula is C10H20N2O2. The molecular weight excluding hydrogens is 180 g/mol. The number of ether oxygens (including phenoxy) is 1. The van der Waals surface area contributed by atoms with E-state index in [0.29, 0.717) is 0 Å². The van der Waals surface area contributed by atoms with Crippen molar-refractivity contribution >= 4 is 6.09 Å². The molecule has 1 fully saturated rings. The second kappa shape index (κ2) is 3.42. The Balaban J connectivity index is 2.24. The second-order valence-electron chi connectivity index (χ2n) is 5.41. The highest BCUT2D eigenvalue weighted by Crippen LogP contribution is 2.29. The summed E-state index contributed by atoms with van der Waals surface area (Å²) in [7, 11) is 0. The van der Waals surface area contributed by atoms with E-state index in [1.54, 1.807) is 0 Å². The van der Waals surface area contributed by atoms with Gasteiger partial charge < -0.3 is 15.8 Å². The van der Waals surface area contributed by atoms with Crippen LogP contribution in [0.15, 0.2) is 0 Å². The molecule has 0 radical (unpaired) electrons. The number of carbonyl (C=O) groups is 1. The standard InChI is InChI=1S/C10H20N2O2/c1-9(2,3)14-8(13)12-7-5-10(4,11)6-7/h7H,5-6,11H2,1-4H3,(H,12,13)/t7-,10-. The summed E-state index contributed by atoms with van der Waals surface area (Å²) in [5, 5.41) is 2.79. The minimum atomic E-state index is -0.431. The van der Waals surface area contributed by atoms with Gasteiger partial charge in [-0.25, -0.2) is 4.79 Å². The summed E-state index contributed by atoms with van der Waals surface area (Å²) in [6.07, 6.45) is 1.30. The van der Waals surface area contributed by atoms with Crippen molar-refractivity contribution < 1.29 is 9.53 Å². The molecule has 4 nitrogen and oxygen atoms in total. The van der Waals surface area contributed by atoms with Crippen molar-refractivity contribution in [3.63, 3.8) is 0 Å². The highest BCUT2D eigenvalue weighted by molar-refractivity contribution is 5.68. The summed E-state index contributed by atoms with van der Waals surface area (Å²) in [4.78, 5) is 11.3. The van der Waals surface area contributed by atoms with Crippen molar-refractivity contribution in [2.45, 2.75) is 57.7 Å². The lowest BCUT2D eigenvalue weighted by Gasteiger charge is -2.42. The third-order valence-corrected chi connectivity index (χ3v) is 2.15. The number of nitrogens with two attached hydrogens (primary N) is 1. The fourth-order valence-corrected chi connectivity index (χ4v) is 1.64. The molecule has 0 heterocycles. The molecule has 0 spiro atoms. The van der Waals surface area contributed by atoms with Gasteiger partial charge in [-0.15, -0.1) is 0 Å². The van der Waals surface area contributed by atoms with Crippen molar-refractivity contribution in [1.82, 2.24) is 5.32 Å². The molecule has 1 aliphatic carbocycles. The van der Waals surface area contributed by atoms with Gasteiger partial charge in [0.15, 0.2) is 0 Å². The molecule has 0 aromatic carbocycles. The van der Waals surface area contributed by atoms with E-state index in [0.717, 1.165) is 12.8 Å². The van der Waals surface area contributed by atoms with Gasteiger partial charge in [-0.1, -0.05) is 0 Å². The molecule has 0 saturated heterocycles. The predicted octanol–water partition coefficient (Wildman–Crippen LogP) is 1.39. The zero-order chi connectivity index (χ0) is 11.0. The minimum Gasteiger partial charge on any atom is -0.444 e. The van der Waals surface area contributed by atoms with E-state index in [1.165, 1.54) is 0 Å². The maximum absolute atomic E-state index is 11.3. The SMILES string of the molecule is CC(C)(C)OC(=O)N[C@H]1C[C@](C)(N)C1. The summed E-state index contributed by atoms with van der Waals surface area (Å²) in [6, 6.07) is 0.180. The number of carbonyl (C=O) groups excluding carboxylic acids is 1. The van der Waals surface area contributed by atoms with E-state index in [4.69, 9.17) is 10.5 Å². The maximum Gasteiger partial charge on any atom is 0.407 e. The zero-order valence-corrected chi connectivity index (χ0v) is 9.39. The highest BCUT2D eigenvalue weighted by atomic mass is 16.6. The largest absolute Gasteiger partial charge is 0.444 e. The van der Waals surface area contributed by atoms with E-state index in [9.17, 15) is 4.79 Å². The number of amides is 1. The van der Waals surface area contributed by atoms with Crippen LogP contribution in [-0.2, 0) is 4.74 Å². The Morgan fingerprint density at radius 3 is 2.36 bits per heavy atom. The molecule has 0 aromatic rings. The van der Waals surface area contributed by atoms with Gasteiger partial charge in [-0.05, 0) is 40.5 Å². The van der Waals surface area contributed by atoms with Gasteiger partial charge in [0, 0.05) is 11.6 Å². The van der Waals surface area contributed by atoms with Gasteiger partial charge in [0.05, 0.1) is 0 Å². The van der Waals surface area contributed by atoms with Crippen LogP contribution < -0.4 is 11.1 Å². The third kappa shape index (κ3) is 3.54. The molecule has 0 aliphatic heterocycles. The Morgan fingerprint density at radius 2 is 2.00 bits per heavy atom. The Kier molecular flexibility index (Phi) is 2.76. The van der Waals surface area contributed by atoms with Crippen molar-refractivity contribution in [3.05, 3.63) is 0 Å². The van der Waals surface area contributed by atoms with Crippen LogP contribution in [0.1, 0.15) is 40.5 Å². The lowest BCUT2D eigenvalue weighted by molar-refractivity contribution is 0.0444. The smallest absolute Gasteiger partial charge is 0.407 e. The van der Waals surface area contributed by atoms with Crippen LogP contribution >= 0.6 is 0 Å². The predicted molar refractivity (Wildman–Crippen MR) is 55.0 cm³/mol. The first-order valence-corrected chi connectivity index (χ1v) is 4.96. The van der Waals surface area contributed by atoms with Crippen molar-refractivity contribution in [3.8, 4) is 0 Å². The third-order valence-electron chi connectivity index (χ3n) is 2.15. The molecule has 1 saturated carbocycles. The lowest BCUT2D eigenvalue weighted by Crippen LogP contribution is -2.58. The monoisotopic (exact) mass is 200 g/mol. The Bertz CT molecular complexity index is 223. The van der Waals surface area contributed by atoms with E-state index < -0.39 is 5.60 Å². The van der Waals surface area contributed by atoms with Crippen LogP contribution in [0, 0.1) is 0 Å². The summed E-state index contributed by atoms with van der Waals surface area (Å²) in [6.45, 7) is 7.53. The first kappa shape index (κ1) is 11.3. The molecule has 1 aliphatic rings. The van der Waals surface area contributed by atoms with Crippen LogP contribution in [0.3, 0.4) is 0 Å². The molecule has 4 heteroatoms. The van der Waals surface area contributed by atoms with E-state index in [-0.39, 0.29) is 17.7 Å². The molecule has 14 heavy (non-hydrogen) atoms. The number of rotatable bonds is 1. The van der Waals surface area contributed by atoms with Crippen LogP contribution in [0.4, 0.5) is 4.79 Å². The Hall–Kier alpha value is -0.770. The highest BCUT2D eigenvalue weighted by Gasteiger charge is 2.38. The minimum absolute atomic E-state index is 0.111. The topological polar surface area (TPSA) is 64.3 Å². The molecule has 1 rings (SSSR count). The van der Waals surface area contributed by atoms with Crippen molar-refractivity contribution in [2.24, 2.45) is 5.73 Å². The second-order valence-corrected chi connectivity index (χ2v) is 5.41. The molecule has 0 atom stereocenters. The molecule has 0 aromatic heterocycles. The molecule has 3 N–H and O–H groups in total. The number of hydrogen-bond acceptors (Lipinski definition) is 3. The number of alkyl carbamates (subject to hydrolysis) is 1. The average molecular weight is 200 g/mol. The average Bonchev–Trinajstić information content (AvgIpc) is 1.76. The Labute approximate surface area is 85.2 Å². The van der Waals surface area contributed by atoms with Crippen molar-refractivity contribution in [2.75, 3.05) is 0 Å². The van der Waals surface area contributed by atoms with Crippen LogP contribution in [0.5, 0.6) is 0 Å². The van der Waals surface area contributed by atoms with Crippen LogP contribution in [0.25, 0.3) is 0 Å². The van der Waals surface area contributed by atoms with Crippen LogP contribution in [-0.4, -0.2) is 23.3 Å². The van der Waals surface area contributed by atoms with Gasteiger partial charge in [0.2, 0.25) is 0 Å². The van der Waals surface area contributed by atoms with Gasteiger partial charge >= 0.3 is 6.09 Å². The zero-order valence-electron chi connectivity index (χ0n) is 9.39.